The van der Waals surface area contributed by atoms with Crippen LogP contribution in [0.3, 0.4) is 0 Å². The Balaban J connectivity index is 1.82. The first-order valence-corrected chi connectivity index (χ1v) is 7.87. The molecule has 22 heavy (non-hydrogen) atoms. The van der Waals surface area contributed by atoms with Crippen LogP contribution in [-0.4, -0.2) is 19.8 Å². The molecular weight excluding hydrogens is 274 g/mol. The molecule has 1 N–H and O–H groups in total. The fraction of sp³-hybridized carbons (Fsp3) is 0.368. The van der Waals surface area contributed by atoms with Gasteiger partial charge in [-0.2, -0.15) is 0 Å². The van der Waals surface area contributed by atoms with Crippen molar-refractivity contribution in [3.63, 3.8) is 0 Å². The number of hydrogen-bond acceptors (Lipinski definition) is 3. The van der Waals surface area contributed by atoms with Gasteiger partial charge in [0.1, 0.15) is 12.4 Å². The molecule has 3 nitrogen and oxygen atoms in total. The predicted octanol–water partition coefficient (Wildman–Crippen LogP) is 3.95. The standard InChI is InChI=1S/C19H25NO2/c1-3-21-12-13-22-19-11-7-8-17(14-19)15-20-16(2)18-9-5-4-6-10-18/h4-11,14,16,20H,3,12-13,15H2,1-2H3. The van der Waals surface area contributed by atoms with Gasteiger partial charge in [0.2, 0.25) is 0 Å². The predicted molar refractivity (Wildman–Crippen MR) is 90.1 cm³/mol. The minimum atomic E-state index is 0.323. The van der Waals surface area contributed by atoms with Crippen molar-refractivity contribution in [1.29, 1.82) is 0 Å². The Bertz CT molecular complexity index is 542. The minimum absolute atomic E-state index is 0.323. The van der Waals surface area contributed by atoms with Crippen molar-refractivity contribution in [3.8, 4) is 5.75 Å². The van der Waals surface area contributed by atoms with Gasteiger partial charge in [-0.15, -0.1) is 0 Å². The second-order valence-electron chi connectivity index (χ2n) is 5.21. The van der Waals surface area contributed by atoms with Crippen LogP contribution >= 0.6 is 0 Å². The summed E-state index contributed by atoms with van der Waals surface area (Å²) in [5.41, 5.74) is 2.52. The van der Waals surface area contributed by atoms with Gasteiger partial charge in [-0.3, -0.25) is 0 Å². The summed E-state index contributed by atoms with van der Waals surface area (Å²) in [7, 11) is 0. The van der Waals surface area contributed by atoms with Gasteiger partial charge in [0.25, 0.3) is 0 Å². The van der Waals surface area contributed by atoms with Crippen LogP contribution in [0.1, 0.15) is 31.0 Å². The maximum Gasteiger partial charge on any atom is 0.119 e. The summed E-state index contributed by atoms with van der Waals surface area (Å²) in [6.45, 7) is 6.93. The van der Waals surface area contributed by atoms with Crippen molar-refractivity contribution in [1.82, 2.24) is 5.32 Å². The first-order valence-electron chi connectivity index (χ1n) is 7.87. The van der Waals surface area contributed by atoms with Crippen molar-refractivity contribution >= 4 is 0 Å². The third-order valence-corrected chi connectivity index (χ3v) is 3.51. The number of hydrogen-bond donors (Lipinski definition) is 1. The van der Waals surface area contributed by atoms with Gasteiger partial charge in [0.05, 0.1) is 6.61 Å². The second-order valence-corrected chi connectivity index (χ2v) is 5.21. The Hall–Kier alpha value is -1.84. The van der Waals surface area contributed by atoms with E-state index in [-0.39, 0.29) is 0 Å². The zero-order chi connectivity index (χ0) is 15.6. The number of rotatable bonds is 9. The van der Waals surface area contributed by atoms with E-state index in [1.165, 1.54) is 11.1 Å². The van der Waals surface area contributed by atoms with Crippen LogP contribution in [0, 0.1) is 0 Å². The highest BCUT2D eigenvalue weighted by molar-refractivity contribution is 5.28. The van der Waals surface area contributed by atoms with E-state index in [4.69, 9.17) is 9.47 Å². The molecule has 0 amide bonds. The first kappa shape index (κ1) is 16.5. The molecule has 0 spiro atoms. The Kier molecular flexibility index (Phi) is 6.94. The molecule has 2 rings (SSSR count). The van der Waals surface area contributed by atoms with E-state index in [1.54, 1.807) is 0 Å². The molecule has 3 heteroatoms. The normalized spacial score (nSPS) is 12.1. The van der Waals surface area contributed by atoms with Gasteiger partial charge in [-0.05, 0) is 37.1 Å². The Morgan fingerprint density at radius 3 is 2.59 bits per heavy atom. The Morgan fingerprint density at radius 2 is 1.82 bits per heavy atom. The summed E-state index contributed by atoms with van der Waals surface area (Å²) >= 11 is 0. The molecule has 1 atom stereocenters. The van der Waals surface area contributed by atoms with Gasteiger partial charge in [-0.25, -0.2) is 0 Å². The lowest BCUT2D eigenvalue weighted by molar-refractivity contribution is 0.110. The van der Waals surface area contributed by atoms with E-state index in [1.807, 2.05) is 25.1 Å². The van der Waals surface area contributed by atoms with Gasteiger partial charge in [0, 0.05) is 19.2 Å². The topological polar surface area (TPSA) is 30.5 Å². The lowest BCUT2D eigenvalue weighted by Gasteiger charge is -2.15. The highest BCUT2D eigenvalue weighted by atomic mass is 16.5. The molecule has 0 aromatic heterocycles. The molecule has 0 bridgehead atoms. The third-order valence-electron chi connectivity index (χ3n) is 3.51. The molecule has 1 unspecified atom stereocenters. The Labute approximate surface area is 133 Å². The van der Waals surface area contributed by atoms with E-state index >= 15 is 0 Å². The SMILES string of the molecule is CCOCCOc1cccc(CNC(C)c2ccccc2)c1. The maximum atomic E-state index is 5.69. The Morgan fingerprint density at radius 1 is 1.00 bits per heavy atom. The zero-order valence-electron chi connectivity index (χ0n) is 13.4. The van der Waals surface area contributed by atoms with Crippen molar-refractivity contribution in [2.24, 2.45) is 0 Å². The summed E-state index contributed by atoms with van der Waals surface area (Å²) < 4.78 is 11.0. The molecule has 0 fully saturated rings. The van der Waals surface area contributed by atoms with Gasteiger partial charge in [0.15, 0.2) is 0 Å². The first-order chi connectivity index (χ1) is 10.8. The van der Waals surface area contributed by atoms with E-state index in [0.29, 0.717) is 19.3 Å². The fourth-order valence-electron chi connectivity index (χ4n) is 2.24. The largest absolute Gasteiger partial charge is 0.491 e. The van der Waals surface area contributed by atoms with Gasteiger partial charge < -0.3 is 14.8 Å². The van der Waals surface area contributed by atoms with E-state index < -0.39 is 0 Å². The van der Waals surface area contributed by atoms with E-state index in [9.17, 15) is 0 Å². The van der Waals surface area contributed by atoms with Crippen LogP contribution in [0.5, 0.6) is 5.75 Å². The van der Waals surface area contributed by atoms with Crippen molar-refractivity contribution in [2.45, 2.75) is 26.4 Å². The molecule has 0 saturated carbocycles. The molecular formula is C19H25NO2. The summed E-state index contributed by atoms with van der Waals surface area (Å²) in [5, 5.41) is 3.54. The van der Waals surface area contributed by atoms with Crippen LogP contribution in [0.25, 0.3) is 0 Å². The molecule has 0 saturated heterocycles. The summed E-state index contributed by atoms with van der Waals surface area (Å²) in [6, 6.07) is 19.0. The molecule has 0 aliphatic rings. The highest BCUT2D eigenvalue weighted by Crippen LogP contribution is 2.16. The third kappa shape index (κ3) is 5.51. The lowest BCUT2D eigenvalue weighted by atomic mass is 10.1. The van der Waals surface area contributed by atoms with Crippen LogP contribution in [-0.2, 0) is 11.3 Å². The van der Waals surface area contributed by atoms with Gasteiger partial charge >= 0.3 is 0 Å². The molecule has 118 valence electrons. The van der Waals surface area contributed by atoms with E-state index in [2.05, 4.69) is 48.6 Å². The smallest absolute Gasteiger partial charge is 0.119 e. The number of ether oxygens (including phenoxy) is 2. The molecule has 2 aromatic carbocycles. The second kappa shape index (κ2) is 9.23. The molecule has 0 heterocycles. The number of benzene rings is 2. The summed E-state index contributed by atoms with van der Waals surface area (Å²) in [4.78, 5) is 0. The van der Waals surface area contributed by atoms with Crippen LogP contribution < -0.4 is 10.1 Å². The number of nitrogens with one attached hydrogen (secondary N) is 1. The van der Waals surface area contributed by atoms with Crippen molar-refractivity contribution < 1.29 is 9.47 Å². The quantitative estimate of drug-likeness (QED) is 0.711. The van der Waals surface area contributed by atoms with Crippen LogP contribution in [0.4, 0.5) is 0 Å². The molecule has 0 aliphatic carbocycles. The fourth-order valence-corrected chi connectivity index (χ4v) is 2.24. The summed E-state index contributed by atoms with van der Waals surface area (Å²) in [6.07, 6.45) is 0. The highest BCUT2D eigenvalue weighted by Gasteiger charge is 2.04. The van der Waals surface area contributed by atoms with Gasteiger partial charge in [-0.1, -0.05) is 42.5 Å². The van der Waals surface area contributed by atoms with Crippen LogP contribution in [0.15, 0.2) is 54.6 Å². The maximum absolute atomic E-state index is 5.69. The summed E-state index contributed by atoms with van der Waals surface area (Å²) in [5.74, 6) is 0.895. The van der Waals surface area contributed by atoms with Crippen molar-refractivity contribution in [3.05, 3.63) is 65.7 Å². The molecule has 0 radical (unpaired) electrons. The lowest BCUT2D eigenvalue weighted by Crippen LogP contribution is -2.18. The van der Waals surface area contributed by atoms with Crippen LogP contribution in [0.2, 0.25) is 0 Å². The average molecular weight is 299 g/mol. The average Bonchev–Trinajstić information content (AvgIpc) is 2.58. The monoisotopic (exact) mass is 299 g/mol. The zero-order valence-corrected chi connectivity index (χ0v) is 13.4. The molecule has 0 aliphatic heterocycles. The van der Waals surface area contributed by atoms with E-state index in [0.717, 1.165) is 18.9 Å². The van der Waals surface area contributed by atoms with Crippen molar-refractivity contribution in [2.75, 3.05) is 19.8 Å². The minimum Gasteiger partial charge on any atom is -0.491 e. The molecule has 2 aromatic rings.